The van der Waals surface area contributed by atoms with E-state index in [0.29, 0.717) is 11.5 Å². The Morgan fingerprint density at radius 2 is 1.91 bits per heavy atom. The van der Waals surface area contributed by atoms with Crippen molar-refractivity contribution in [3.8, 4) is 11.5 Å². The number of rotatable bonds is 1. The van der Waals surface area contributed by atoms with E-state index >= 15 is 0 Å². The van der Waals surface area contributed by atoms with Gasteiger partial charge in [0, 0.05) is 5.56 Å². The minimum atomic E-state index is -0.601. The summed E-state index contributed by atoms with van der Waals surface area (Å²) in [6, 6.07) is 12.4. The summed E-state index contributed by atoms with van der Waals surface area (Å²) in [7, 11) is 0. The molecule has 1 aliphatic rings. The van der Waals surface area contributed by atoms with Crippen LogP contribution in [0.25, 0.3) is 11.0 Å². The Bertz CT molecular complexity index is 915. The zero-order chi connectivity index (χ0) is 15.3. The summed E-state index contributed by atoms with van der Waals surface area (Å²) in [5.74, 6) is 0.336. The number of aromatic nitrogens is 2. The predicted molar refractivity (Wildman–Crippen MR) is 82.9 cm³/mol. The largest absolute Gasteiger partial charge is 0.504 e. The van der Waals surface area contributed by atoms with Crippen LogP contribution in [0.5, 0.6) is 11.5 Å². The summed E-state index contributed by atoms with van der Waals surface area (Å²) in [6.07, 6.45) is -0.601. The monoisotopic (exact) mass is 295 g/mol. The molecule has 0 bridgehead atoms. The molecule has 0 radical (unpaired) electrons. The van der Waals surface area contributed by atoms with Crippen molar-refractivity contribution in [3.05, 3.63) is 48.0 Å². The number of imidazole rings is 1. The molecule has 3 aromatic rings. The maximum Gasteiger partial charge on any atom is 0.212 e. The van der Waals surface area contributed by atoms with E-state index in [1.165, 1.54) is 6.07 Å². The molecule has 22 heavy (non-hydrogen) atoms. The topological polar surface area (TPSA) is 109 Å². The number of guanidine groups is 1. The first-order valence-electron chi connectivity index (χ1n) is 6.73. The maximum atomic E-state index is 10.2. The quantitative estimate of drug-likeness (QED) is 0.511. The van der Waals surface area contributed by atoms with Gasteiger partial charge in [-0.2, -0.15) is 0 Å². The fourth-order valence-electron chi connectivity index (χ4n) is 2.68. The minimum absolute atomic E-state index is 0.198. The number of phenolic OH excluding ortho intramolecular Hbond substituents is 2. The summed E-state index contributed by atoms with van der Waals surface area (Å²) in [6.45, 7) is 0. The molecule has 5 N–H and O–H groups in total. The van der Waals surface area contributed by atoms with Gasteiger partial charge in [-0.1, -0.05) is 24.3 Å². The average molecular weight is 295 g/mol. The molecule has 1 aliphatic heterocycles. The third-order valence-corrected chi connectivity index (χ3v) is 3.67. The zero-order valence-corrected chi connectivity index (χ0v) is 11.4. The lowest BCUT2D eigenvalue weighted by Crippen LogP contribution is -2.31. The second-order valence-electron chi connectivity index (χ2n) is 5.02. The standard InChI is InChI=1S/C15H13N5O2/c16-14-18-13(8-4-3-7-11(21)12(8)22)20-10-6-2-1-5-9(10)17-15(20)19-14/h1-7,13,21-22H,(H3,16,17,18,19)/t13-/m1/s1. The number of nitrogens with two attached hydrogens (primary N) is 1. The number of nitrogens with one attached hydrogen (secondary N) is 1. The van der Waals surface area contributed by atoms with E-state index in [9.17, 15) is 10.2 Å². The van der Waals surface area contributed by atoms with Crippen molar-refractivity contribution >= 4 is 22.9 Å². The lowest BCUT2D eigenvalue weighted by Gasteiger charge is -2.24. The molecule has 7 heteroatoms. The van der Waals surface area contributed by atoms with Crippen molar-refractivity contribution in [2.45, 2.75) is 6.17 Å². The summed E-state index contributed by atoms with van der Waals surface area (Å²) < 4.78 is 1.83. The van der Waals surface area contributed by atoms with Crippen LogP contribution < -0.4 is 11.1 Å². The van der Waals surface area contributed by atoms with Crippen LogP contribution in [0.2, 0.25) is 0 Å². The van der Waals surface area contributed by atoms with Crippen LogP contribution in [0.1, 0.15) is 11.7 Å². The van der Waals surface area contributed by atoms with Gasteiger partial charge in [0.2, 0.25) is 5.95 Å². The summed E-state index contributed by atoms with van der Waals surface area (Å²) in [5, 5.41) is 22.8. The van der Waals surface area contributed by atoms with Gasteiger partial charge in [0.05, 0.1) is 11.0 Å². The minimum Gasteiger partial charge on any atom is -0.504 e. The van der Waals surface area contributed by atoms with Crippen LogP contribution >= 0.6 is 0 Å². The van der Waals surface area contributed by atoms with Gasteiger partial charge >= 0.3 is 0 Å². The highest BCUT2D eigenvalue weighted by Gasteiger charge is 2.27. The molecule has 110 valence electrons. The number of fused-ring (bicyclic) bond motifs is 3. The number of para-hydroxylation sites is 3. The van der Waals surface area contributed by atoms with Crippen LogP contribution in [0.3, 0.4) is 0 Å². The number of phenols is 2. The van der Waals surface area contributed by atoms with Crippen LogP contribution in [-0.4, -0.2) is 25.7 Å². The van der Waals surface area contributed by atoms with Crippen LogP contribution in [-0.2, 0) is 0 Å². The van der Waals surface area contributed by atoms with E-state index in [0.717, 1.165) is 11.0 Å². The highest BCUT2D eigenvalue weighted by Crippen LogP contribution is 2.39. The Kier molecular flexibility index (Phi) is 2.50. The van der Waals surface area contributed by atoms with Gasteiger partial charge in [-0.3, -0.25) is 9.88 Å². The second-order valence-corrected chi connectivity index (χ2v) is 5.02. The number of hydrogen-bond acceptors (Lipinski definition) is 6. The van der Waals surface area contributed by atoms with E-state index < -0.39 is 6.17 Å². The summed E-state index contributed by atoms with van der Waals surface area (Å²) in [4.78, 5) is 8.83. The van der Waals surface area contributed by atoms with Crippen molar-refractivity contribution in [1.82, 2.24) is 9.55 Å². The molecular weight excluding hydrogens is 282 g/mol. The van der Waals surface area contributed by atoms with Crippen LogP contribution in [0.15, 0.2) is 47.5 Å². The molecule has 1 atom stereocenters. The maximum absolute atomic E-state index is 10.2. The third-order valence-electron chi connectivity index (χ3n) is 3.67. The Morgan fingerprint density at radius 3 is 2.77 bits per heavy atom. The fraction of sp³-hybridized carbons (Fsp3) is 0.0667. The highest BCUT2D eigenvalue weighted by molar-refractivity contribution is 5.94. The summed E-state index contributed by atoms with van der Waals surface area (Å²) >= 11 is 0. The Morgan fingerprint density at radius 1 is 1.09 bits per heavy atom. The Hall–Kier alpha value is -3.22. The normalized spacial score (nSPS) is 16.9. The van der Waals surface area contributed by atoms with Gasteiger partial charge < -0.3 is 15.9 Å². The van der Waals surface area contributed by atoms with Gasteiger partial charge in [-0.05, 0) is 18.2 Å². The van der Waals surface area contributed by atoms with E-state index in [1.54, 1.807) is 12.1 Å². The molecule has 0 amide bonds. The number of nitrogens with zero attached hydrogens (tertiary/aromatic N) is 3. The smallest absolute Gasteiger partial charge is 0.212 e. The molecule has 0 spiro atoms. The number of aromatic hydroxyl groups is 2. The lowest BCUT2D eigenvalue weighted by molar-refractivity contribution is 0.393. The molecule has 0 saturated carbocycles. The van der Waals surface area contributed by atoms with Crippen molar-refractivity contribution in [2.24, 2.45) is 10.7 Å². The number of benzene rings is 2. The second kappa shape index (κ2) is 4.39. The van der Waals surface area contributed by atoms with Crippen molar-refractivity contribution < 1.29 is 10.2 Å². The number of aliphatic imine (C=N–C) groups is 1. The van der Waals surface area contributed by atoms with Gasteiger partial charge in [-0.15, -0.1) is 0 Å². The van der Waals surface area contributed by atoms with Gasteiger partial charge in [0.25, 0.3) is 0 Å². The number of hydrogen-bond donors (Lipinski definition) is 4. The van der Waals surface area contributed by atoms with Gasteiger partial charge in [-0.25, -0.2) is 9.98 Å². The first-order valence-corrected chi connectivity index (χ1v) is 6.73. The molecule has 1 aromatic heterocycles. The van der Waals surface area contributed by atoms with E-state index in [2.05, 4.69) is 15.3 Å². The molecule has 2 heterocycles. The van der Waals surface area contributed by atoms with E-state index in [1.807, 2.05) is 28.8 Å². The van der Waals surface area contributed by atoms with Crippen molar-refractivity contribution in [1.29, 1.82) is 0 Å². The Balaban J connectivity index is 2.00. The molecule has 0 unspecified atom stereocenters. The fourth-order valence-corrected chi connectivity index (χ4v) is 2.68. The van der Waals surface area contributed by atoms with Crippen molar-refractivity contribution in [3.63, 3.8) is 0 Å². The Labute approximate surface area is 125 Å². The molecule has 7 nitrogen and oxygen atoms in total. The van der Waals surface area contributed by atoms with Gasteiger partial charge in [0.1, 0.15) is 0 Å². The molecular formula is C15H13N5O2. The number of anilines is 1. The summed E-state index contributed by atoms with van der Waals surface area (Å²) in [5.41, 5.74) is 7.93. The van der Waals surface area contributed by atoms with Crippen LogP contribution in [0, 0.1) is 0 Å². The highest BCUT2D eigenvalue weighted by atomic mass is 16.3. The predicted octanol–water partition coefficient (Wildman–Crippen LogP) is 1.73. The van der Waals surface area contributed by atoms with E-state index in [4.69, 9.17) is 5.73 Å². The van der Waals surface area contributed by atoms with Crippen molar-refractivity contribution in [2.75, 3.05) is 5.32 Å². The molecule has 0 aliphatic carbocycles. The molecule has 2 aromatic carbocycles. The van der Waals surface area contributed by atoms with E-state index in [-0.39, 0.29) is 17.5 Å². The van der Waals surface area contributed by atoms with Crippen LogP contribution in [0.4, 0.5) is 5.95 Å². The first kappa shape index (κ1) is 12.5. The average Bonchev–Trinajstić information content (AvgIpc) is 2.87. The first-order chi connectivity index (χ1) is 10.6. The molecule has 0 saturated heterocycles. The molecule has 4 rings (SSSR count). The van der Waals surface area contributed by atoms with Gasteiger partial charge in [0.15, 0.2) is 23.6 Å². The SMILES string of the molecule is NC1=N[C@@H](c2cccc(O)c2O)n2c(nc3ccccc32)N1. The zero-order valence-electron chi connectivity index (χ0n) is 11.4. The third kappa shape index (κ3) is 1.69. The molecule has 0 fully saturated rings. The lowest BCUT2D eigenvalue weighted by atomic mass is 10.1.